The summed E-state index contributed by atoms with van der Waals surface area (Å²) in [7, 11) is 1.58. The maximum atomic E-state index is 12.6. The summed E-state index contributed by atoms with van der Waals surface area (Å²) in [6.45, 7) is 0.294. The van der Waals surface area contributed by atoms with Crippen LogP contribution in [0.2, 0.25) is 0 Å². The van der Waals surface area contributed by atoms with E-state index in [2.05, 4.69) is 5.32 Å². The van der Waals surface area contributed by atoms with E-state index in [9.17, 15) is 18.0 Å². The molecule has 1 heterocycles. The molecular weight excluding hydrogens is 325 g/mol. The Morgan fingerprint density at radius 1 is 1.42 bits per heavy atom. The molecule has 1 amide bonds. The summed E-state index contributed by atoms with van der Waals surface area (Å²) in [6, 6.07) is 7.48. The van der Waals surface area contributed by atoms with Crippen LogP contribution in [0.25, 0.3) is 0 Å². The monoisotopic (exact) mass is 346 g/mol. The number of alkyl halides is 3. The first-order chi connectivity index (χ1) is 11.4. The number of hydrogen-bond donors (Lipinski definition) is 1. The minimum atomic E-state index is -4.40. The molecule has 134 valence electrons. The van der Waals surface area contributed by atoms with Crippen molar-refractivity contribution in [3.63, 3.8) is 0 Å². The lowest BCUT2D eigenvalue weighted by Crippen LogP contribution is -2.51. The van der Waals surface area contributed by atoms with Crippen LogP contribution in [0.4, 0.5) is 13.2 Å². The van der Waals surface area contributed by atoms with E-state index in [0.717, 1.165) is 11.3 Å². The quantitative estimate of drug-likeness (QED) is 0.850. The zero-order valence-electron chi connectivity index (χ0n) is 13.4. The number of rotatable bonds is 6. The van der Waals surface area contributed by atoms with Crippen molar-refractivity contribution in [1.29, 1.82) is 0 Å². The fraction of sp³-hybridized carbons (Fsp3) is 0.562. The average Bonchev–Trinajstić information content (AvgIpc) is 2.55. The fourth-order valence-electron chi connectivity index (χ4n) is 2.55. The third-order valence-electron chi connectivity index (χ3n) is 3.79. The smallest absolute Gasteiger partial charge is 0.415 e. The van der Waals surface area contributed by atoms with E-state index >= 15 is 0 Å². The van der Waals surface area contributed by atoms with Crippen LogP contribution in [0.1, 0.15) is 5.56 Å². The van der Waals surface area contributed by atoms with Crippen molar-refractivity contribution in [2.24, 2.45) is 0 Å². The molecular formula is C16H21F3N2O3. The van der Waals surface area contributed by atoms with Crippen LogP contribution in [0.3, 0.4) is 0 Å². The van der Waals surface area contributed by atoms with Crippen LogP contribution in [0, 0.1) is 0 Å². The molecule has 0 radical (unpaired) electrons. The van der Waals surface area contributed by atoms with Gasteiger partial charge in [0.1, 0.15) is 5.75 Å². The van der Waals surface area contributed by atoms with Crippen LogP contribution in [0.5, 0.6) is 5.75 Å². The number of para-hydroxylation sites is 1. The Bertz CT molecular complexity index is 552. The Kier molecular flexibility index (Phi) is 6.44. The minimum absolute atomic E-state index is 0.0291. The van der Waals surface area contributed by atoms with E-state index in [1.54, 1.807) is 7.11 Å². The summed E-state index contributed by atoms with van der Waals surface area (Å²) in [4.78, 5) is 13.4. The lowest BCUT2D eigenvalue weighted by molar-refractivity contribution is -0.237. The predicted octanol–water partition coefficient (Wildman–Crippen LogP) is 1.62. The van der Waals surface area contributed by atoms with Crippen molar-refractivity contribution in [1.82, 2.24) is 10.2 Å². The van der Waals surface area contributed by atoms with Crippen LogP contribution >= 0.6 is 0 Å². The molecule has 0 saturated carbocycles. The highest BCUT2D eigenvalue weighted by Gasteiger charge is 2.43. The molecule has 5 nitrogen and oxygen atoms in total. The lowest BCUT2D eigenvalue weighted by atomic mass is 10.1. The van der Waals surface area contributed by atoms with E-state index in [1.807, 2.05) is 24.3 Å². The van der Waals surface area contributed by atoms with E-state index in [0.29, 0.717) is 19.5 Å². The molecule has 1 N–H and O–H groups in total. The molecule has 1 aromatic rings. The topological polar surface area (TPSA) is 50.8 Å². The van der Waals surface area contributed by atoms with Gasteiger partial charge in [-0.15, -0.1) is 0 Å². The van der Waals surface area contributed by atoms with E-state index < -0.39 is 12.3 Å². The van der Waals surface area contributed by atoms with Crippen molar-refractivity contribution >= 4 is 5.91 Å². The van der Waals surface area contributed by atoms with Gasteiger partial charge >= 0.3 is 6.18 Å². The third kappa shape index (κ3) is 5.38. The average molecular weight is 346 g/mol. The first kappa shape index (κ1) is 18.5. The van der Waals surface area contributed by atoms with Crippen molar-refractivity contribution < 1.29 is 27.4 Å². The SMILES string of the molecule is COc1ccccc1CCNC(=O)CN1CCOC(C(F)(F)F)C1. The third-order valence-corrected chi connectivity index (χ3v) is 3.79. The molecule has 1 atom stereocenters. The second-order valence-electron chi connectivity index (χ2n) is 5.55. The molecule has 2 rings (SSSR count). The largest absolute Gasteiger partial charge is 0.496 e. The van der Waals surface area contributed by atoms with Gasteiger partial charge in [-0.05, 0) is 18.1 Å². The van der Waals surface area contributed by atoms with Crippen LogP contribution < -0.4 is 10.1 Å². The number of carbonyl (C=O) groups is 1. The van der Waals surface area contributed by atoms with Crippen LogP contribution in [-0.4, -0.2) is 63.0 Å². The summed E-state index contributed by atoms with van der Waals surface area (Å²) >= 11 is 0. The van der Waals surface area contributed by atoms with Gasteiger partial charge in [-0.2, -0.15) is 13.2 Å². The highest BCUT2D eigenvalue weighted by molar-refractivity contribution is 5.78. The Morgan fingerprint density at radius 3 is 2.88 bits per heavy atom. The second kappa shape index (κ2) is 8.34. The number of ether oxygens (including phenoxy) is 2. The summed E-state index contributed by atoms with van der Waals surface area (Å²) in [5.41, 5.74) is 0.962. The van der Waals surface area contributed by atoms with Crippen molar-refractivity contribution in [2.75, 3.05) is 39.9 Å². The number of methoxy groups -OCH3 is 1. The van der Waals surface area contributed by atoms with Gasteiger partial charge in [0.15, 0.2) is 6.10 Å². The van der Waals surface area contributed by atoms with Gasteiger partial charge in [0, 0.05) is 19.6 Å². The van der Waals surface area contributed by atoms with Crippen molar-refractivity contribution in [3.05, 3.63) is 29.8 Å². The minimum Gasteiger partial charge on any atom is -0.496 e. The van der Waals surface area contributed by atoms with Crippen molar-refractivity contribution in [3.8, 4) is 5.75 Å². The highest BCUT2D eigenvalue weighted by Crippen LogP contribution is 2.25. The number of carbonyl (C=O) groups excluding carboxylic acids is 1. The summed E-state index contributed by atoms with van der Waals surface area (Å²) in [5, 5.41) is 2.73. The number of halogens is 3. The normalized spacial score (nSPS) is 19.1. The first-order valence-corrected chi connectivity index (χ1v) is 7.69. The number of hydrogen-bond acceptors (Lipinski definition) is 4. The highest BCUT2D eigenvalue weighted by atomic mass is 19.4. The van der Waals surface area contributed by atoms with Gasteiger partial charge in [-0.25, -0.2) is 0 Å². The number of nitrogens with zero attached hydrogens (tertiary/aromatic N) is 1. The summed E-state index contributed by atoms with van der Waals surface area (Å²) < 4.78 is 47.9. The maximum absolute atomic E-state index is 12.6. The van der Waals surface area contributed by atoms with E-state index in [1.165, 1.54) is 4.90 Å². The summed E-state index contributed by atoms with van der Waals surface area (Å²) in [5.74, 6) is 0.445. The number of nitrogens with one attached hydrogen (secondary N) is 1. The van der Waals surface area contributed by atoms with E-state index in [4.69, 9.17) is 9.47 Å². The van der Waals surface area contributed by atoms with Gasteiger partial charge in [0.25, 0.3) is 0 Å². The zero-order valence-corrected chi connectivity index (χ0v) is 13.4. The van der Waals surface area contributed by atoms with Crippen LogP contribution in [-0.2, 0) is 16.0 Å². The molecule has 0 aliphatic carbocycles. The molecule has 24 heavy (non-hydrogen) atoms. The Morgan fingerprint density at radius 2 is 2.17 bits per heavy atom. The molecule has 0 spiro atoms. The predicted molar refractivity (Wildman–Crippen MR) is 81.9 cm³/mol. The summed E-state index contributed by atoms with van der Waals surface area (Å²) in [6.07, 6.45) is -5.64. The number of morpholine rings is 1. The van der Waals surface area contributed by atoms with Crippen molar-refractivity contribution in [2.45, 2.75) is 18.7 Å². The molecule has 1 aliphatic heterocycles. The molecule has 0 aromatic heterocycles. The molecule has 1 unspecified atom stereocenters. The number of amides is 1. The van der Waals surface area contributed by atoms with Gasteiger partial charge in [0.05, 0.1) is 20.3 Å². The molecule has 1 aromatic carbocycles. The lowest BCUT2D eigenvalue weighted by Gasteiger charge is -2.33. The molecule has 8 heteroatoms. The Labute approximate surface area is 138 Å². The first-order valence-electron chi connectivity index (χ1n) is 7.69. The van der Waals surface area contributed by atoms with Gasteiger partial charge in [0.2, 0.25) is 5.91 Å². The van der Waals surface area contributed by atoms with Gasteiger partial charge < -0.3 is 14.8 Å². The molecule has 1 aliphatic rings. The molecule has 1 saturated heterocycles. The Balaban J connectivity index is 1.75. The standard InChI is InChI=1S/C16H21F3N2O3/c1-23-13-5-3-2-4-12(13)6-7-20-15(22)11-21-8-9-24-14(10-21)16(17,18)19/h2-5,14H,6-11H2,1H3,(H,20,22). The maximum Gasteiger partial charge on any atom is 0.415 e. The zero-order chi connectivity index (χ0) is 17.6. The van der Waals surface area contributed by atoms with E-state index in [-0.39, 0.29) is 25.6 Å². The van der Waals surface area contributed by atoms with Gasteiger partial charge in [-0.3, -0.25) is 9.69 Å². The Hall–Kier alpha value is -1.80. The van der Waals surface area contributed by atoms with Gasteiger partial charge in [-0.1, -0.05) is 18.2 Å². The van der Waals surface area contributed by atoms with Crippen LogP contribution in [0.15, 0.2) is 24.3 Å². The fourth-order valence-corrected chi connectivity index (χ4v) is 2.55. The second-order valence-corrected chi connectivity index (χ2v) is 5.55. The molecule has 1 fully saturated rings. The molecule has 0 bridgehead atoms. The number of benzene rings is 1.